The van der Waals surface area contributed by atoms with E-state index in [2.05, 4.69) is 223 Å². The molecule has 0 aliphatic heterocycles. The van der Waals surface area contributed by atoms with Crippen molar-refractivity contribution in [3.05, 3.63) is 212 Å². The Morgan fingerprint density at radius 1 is 0.382 bits per heavy atom. The van der Waals surface area contributed by atoms with Gasteiger partial charge in [-0.2, -0.15) is 0 Å². The molecule has 0 bridgehead atoms. The molecule has 0 amide bonds. The van der Waals surface area contributed by atoms with E-state index in [0.29, 0.717) is 0 Å². The van der Waals surface area contributed by atoms with Crippen molar-refractivity contribution >= 4 is 44.0 Å². The van der Waals surface area contributed by atoms with Gasteiger partial charge in [0.15, 0.2) is 0 Å². The lowest BCUT2D eigenvalue weighted by atomic mass is 9.89. The van der Waals surface area contributed by atoms with Crippen LogP contribution >= 0.6 is 0 Å². The summed E-state index contributed by atoms with van der Waals surface area (Å²) < 4.78 is 2.38. The topological polar surface area (TPSA) is 17.0 Å². The number of anilines is 2. The molecule has 55 heavy (non-hydrogen) atoms. The van der Waals surface area contributed by atoms with Crippen molar-refractivity contribution in [1.29, 1.82) is 0 Å². The van der Waals surface area contributed by atoms with Gasteiger partial charge in [-0.15, -0.1) is 0 Å². The van der Waals surface area contributed by atoms with Gasteiger partial charge in [-0.25, -0.2) is 0 Å². The predicted molar refractivity (Wildman–Crippen MR) is 234 cm³/mol. The summed E-state index contributed by atoms with van der Waals surface area (Å²) in [4.78, 5) is 0. The third-order valence-corrected chi connectivity index (χ3v) is 10.9. The van der Waals surface area contributed by atoms with E-state index in [1.807, 2.05) is 0 Å². The third kappa shape index (κ3) is 5.85. The van der Waals surface area contributed by atoms with Gasteiger partial charge >= 0.3 is 0 Å². The Bertz CT molecular complexity index is 2990. The second-order valence-electron chi connectivity index (χ2n) is 14.3. The molecule has 2 nitrogen and oxygen atoms in total. The summed E-state index contributed by atoms with van der Waals surface area (Å²) in [5, 5.41) is 8.73. The molecule has 0 saturated carbocycles. The molecule has 0 aliphatic carbocycles. The zero-order valence-corrected chi connectivity index (χ0v) is 30.6. The zero-order valence-electron chi connectivity index (χ0n) is 30.6. The molecule has 1 N–H and O–H groups in total. The van der Waals surface area contributed by atoms with Crippen molar-refractivity contribution in [1.82, 2.24) is 4.57 Å². The van der Waals surface area contributed by atoms with Gasteiger partial charge in [0.05, 0.1) is 11.0 Å². The first kappa shape index (κ1) is 32.5. The van der Waals surface area contributed by atoms with Gasteiger partial charge < -0.3 is 9.88 Å². The summed E-state index contributed by atoms with van der Waals surface area (Å²) in [5.74, 6) is 0. The van der Waals surface area contributed by atoms with Gasteiger partial charge in [-0.3, -0.25) is 0 Å². The van der Waals surface area contributed by atoms with E-state index in [1.54, 1.807) is 0 Å². The molecule has 0 spiro atoms. The first-order valence-corrected chi connectivity index (χ1v) is 18.9. The second-order valence-corrected chi connectivity index (χ2v) is 14.3. The highest BCUT2D eigenvalue weighted by molar-refractivity contribution is 6.13. The molecule has 0 radical (unpaired) electrons. The minimum Gasteiger partial charge on any atom is -0.355 e. The fraction of sp³-hybridized carbons (Fsp3) is 0.0189. The van der Waals surface area contributed by atoms with Crippen LogP contribution in [0.3, 0.4) is 0 Å². The highest BCUT2D eigenvalue weighted by atomic mass is 15.0. The first-order valence-electron chi connectivity index (χ1n) is 18.9. The lowest BCUT2D eigenvalue weighted by molar-refractivity contribution is 1.18. The fourth-order valence-electron chi connectivity index (χ4n) is 8.26. The maximum atomic E-state index is 3.73. The summed E-state index contributed by atoms with van der Waals surface area (Å²) >= 11 is 0. The Morgan fingerprint density at radius 2 is 0.964 bits per heavy atom. The van der Waals surface area contributed by atoms with Crippen molar-refractivity contribution in [2.45, 2.75) is 6.92 Å². The highest BCUT2D eigenvalue weighted by Crippen LogP contribution is 2.42. The minimum atomic E-state index is 1.06. The van der Waals surface area contributed by atoms with Crippen LogP contribution in [0.4, 0.5) is 11.4 Å². The van der Waals surface area contributed by atoms with Crippen LogP contribution in [0, 0.1) is 6.92 Å². The maximum Gasteiger partial charge on any atom is 0.0541 e. The largest absolute Gasteiger partial charge is 0.355 e. The third-order valence-electron chi connectivity index (χ3n) is 10.9. The van der Waals surface area contributed by atoms with Gasteiger partial charge in [-0.1, -0.05) is 152 Å². The summed E-state index contributed by atoms with van der Waals surface area (Å²) in [6, 6.07) is 74.5. The van der Waals surface area contributed by atoms with Gasteiger partial charge in [0.25, 0.3) is 0 Å². The van der Waals surface area contributed by atoms with E-state index in [-0.39, 0.29) is 0 Å². The highest BCUT2D eigenvalue weighted by Gasteiger charge is 2.17. The summed E-state index contributed by atoms with van der Waals surface area (Å²) in [7, 11) is 0. The number of nitrogens with zero attached hydrogens (tertiary/aromatic N) is 1. The Morgan fingerprint density at radius 3 is 1.75 bits per heavy atom. The molecule has 2 heteroatoms. The number of benzene rings is 9. The number of hydrogen-bond acceptors (Lipinski definition) is 1. The van der Waals surface area contributed by atoms with E-state index in [9.17, 15) is 0 Å². The van der Waals surface area contributed by atoms with Crippen LogP contribution in [-0.2, 0) is 0 Å². The monoisotopic (exact) mass is 702 g/mol. The summed E-state index contributed by atoms with van der Waals surface area (Å²) in [6.07, 6.45) is 0. The van der Waals surface area contributed by atoms with Crippen molar-refractivity contribution in [2.24, 2.45) is 0 Å². The molecule has 0 atom stereocenters. The number of fused-ring (bicyclic) bond motifs is 4. The Kier molecular flexibility index (Phi) is 8.08. The summed E-state index contributed by atoms with van der Waals surface area (Å²) in [6.45, 7) is 2.21. The standard InChI is InChI=1S/C53H38N2/c1-36-26-27-40(34-48(36)46-20-8-10-24-50(46)54-42-31-28-38(29-32-42)37-14-4-2-5-15-37)44-22-12-16-39-17-13-23-45(53(39)44)41-30-33-52-49(35-41)47-21-9-11-25-51(47)55(52)43-18-6-3-7-19-43/h2-35,54H,1H3. The van der Waals surface area contributed by atoms with Gasteiger partial charge in [0.2, 0.25) is 0 Å². The number of para-hydroxylation sites is 3. The molecular weight excluding hydrogens is 665 g/mol. The van der Waals surface area contributed by atoms with Crippen LogP contribution in [0.15, 0.2) is 206 Å². The van der Waals surface area contributed by atoms with E-state index >= 15 is 0 Å². The lowest BCUT2D eigenvalue weighted by Crippen LogP contribution is -1.95. The first-order chi connectivity index (χ1) is 27.2. The second kappa shape index (κ2) is 13.7. The normalized spacial score (nSPS) is 11.4. The van der Waals surface area contributed by atoms with Crippen molar-refractivity contribution in [3.8, 4) is 50.2 Å². The SMILES string of the molecule is Cc1ccc(-c2cccc3cccc(-c4ccc5c(c4)c4ccccc4n5-c4ccccc4)c23)cc1-c1ccccc1Nc1ccc(-c2ccccc2)cc1. The Balaban J connectivity index is 1.07. The van der Waals surface area contributed by atoms with Gasteiger partial charge in [0, 0.05) is 33.4 Å². The van der Waals surface area contributed by atoms with Crippen LogP contribution in [0.1, 0.15) is 5.56 Å². The van der Waals surface area contributed by atoms with Crippen LogP contribution in [0.25, 0.3) is 82.8 Å². The predicted octanol–water partition coefficient (Wildman–Crippen LogP) is 14.7. The molecule has 0 saturated heterocycles. The molecule has 0 fully saturated rings. The van der Waals surface area contributed by atoms with E-state index in [1.165, 1.54) is 88.3 Å². The van der Waals surface area contributed by atoms with Crippen molar-refractivity contribution in [2.75, 3.05) is 5.32 Å². The molecule has 0 unspecified atom stereocenters. The average molecular weight is 703 g/mol. The van der Waals surface area contributed by atoms with Crippen LogP contribution in [-0.4, -0.2) is 4.57 Å². The van der Waals surface area contributed by atoms with Gasteiger partial charge in [0.1, 0.15) is 0 Å². The van der Waals surface area contributed by atoms with Crippen LogP contribution in [0.5, 0.6) is 0 Å². The molecular formula is C53H38N2. The number of rotatable bonds is 7. The smallest absolute Gasteiger partial charge is 0.0541 e. The Labute approximate surface area is 321 Å². The number of aryl methyl sites for hydroxylation is 1. The van der Waals surface area contributed by atoms with Crippen LogP contribution < -0.4 is 5.32 Å². The molecule has 10 rings (SSSR count). The zero-order chi connectivity index (χ0) is 36.7. The maximum absolute atomic E-state index is 3.73. The number of nitrogens with one attached hydrogen (secondary N) is 1. The molecule has 1 aromatic heterocycles. The minimum absolute atomic E-state index is 1.06. The van der Waals surface area contributed by atoms with Gasteiger partial charge in [-0.05, 0) is 117 Å². The fourth-order valence-corrected chi connectivity index (χ4v) is 8.26. The van der Waals surface area contributed by atoms with Crippen LogP contribution in [0.2, 0.25) is 0 Å². The molecule has 10 aromatic rings. The number of aromatic nitrogens is 1. The van der Waals surface area contributed by atoms with E-state index in [0.717, 1.165) is 11.4 Å². The molecule has 0 aliphatic rings. The van der Waals surface area contributed by atoms with E-state index in [4.69, 9.17) is 0 Å². The molecule has 9 aromatic carbocycles. The molecule has 260 valence electrons. The quantitative estimate of drug-likeness (QED) is 0.175. The molecule has 1 heterocycles. The van der Waals surface area contributed by atoms with Crippen molar-refractivity contribution < 1.29 is 0 Å². The number of hydrogen-bond donors (Lipinski definition) is 1. The summed E-state index contributed by atoms with van der Waals surface area (Å²) in [5.41, 5.74) is 16.6. The van der Waals surface area contributed by atoms with Crippen molar-refractivity contribution in [3.63, 3.8) is 0 Å². The average Bonchev–Trinajstić information content (AvgIpc) is 3.58. The lowest BCUT2D eigenvalue weighted by Gasteiger charge is -2.17. The van der Waals surface area contributed by atoms with E-state index < -0.39 is 0 Å². The Hall–Kier alpha value is -7.16.